The zero-order valence-electron chi connectivity index (χ0n) is 14.6. The molecule has 0 radical (unpaired) electrons. The number of carboxylic acids is 1. The second-order valence-corrected chi connectivity index (χ2v) is 8.92. The molecule has 4 saturated carbocycles. The smallest absolute Gasteiger partial charge is 0.408 e. The van der Waals surface area contributed by atoms with E-state index < -0.39 is 46.6 Å². The molecule has 4 bridgehead atoms. The Morgan fingerprint density at radius 3 is 2.00 bits per heavy atom. The van der Waals surface area contributed by atoms with Gasteiger partial charge in [0.1, 0.15) is 11.1 Å². The number of halogens is 3. The molecule has 4 aliphatic carbocycles. The highest BCUT2D eigenvalue weighted by Crippen LogP contribution is 2.68. The number of alkyl carbamates (subject to hydrolysis) is 1. The van der Waals surface area contributed by atoms with Crippen LogP contribution in [0.4, 0.5) is 18.0 Å². The van der Waals surface area contributed by atoms with E-state index in [-0.39, 0.29) is 25.2 Å². The van der Waals surface area contributed by atoms with E-state index in [1.807, 2.05) is 0 Å². The number of hydrogen-bond donors (Lipinski definition) is 2. The largest absolute Gasteiger partial charge is 0.479 e. The fourth-order valence-corrected chi connectivity index (χ4v) is 5.43. The summed E-state index contributed by atoms with van der Waals surface area (Å²) in [4.78, 5) is 24.3. The van der Waals surface area contributed by atoms with Crippen LogP contribution < -0.4 is 5.32 Å². The van der Waals surface area contributed by atoms with Gasteiger partial charge in [-0.05, 0) is 70.6 Å². The number of carboxylic acid groups (broad SMARTS) is 1. The van der Waals surface area contributed by atoms with Crippen LogP contribution in [-0.2, 0) is 9.53 Å². The van der Waals surface area contributed by atoms with Crippen LogP contribution in [0.3, 0.4) is 0 Å². The third-order valence-corrected chi connectivity index (χ3v) is 6.14. The Bertz CT molecular complexity index is 580. The molecule has 1 amide bonds. The van der Waals surface area contributed by atoms with Crippen LogP contribution in [0.15, 0.2) is 0 Å². The van der Waals surface area contributed by atoms with Gasteiger partial charge in [0.25, 0.3) is 0 Å². The van der Waals surface area contributed by atoms with Gasteiger partial charge in [0.15, 0.2) is 0 Å². The fraction of sp³-hybridized carbons (Fsp3) is 0.882. The molecule has 4 aliphatic rings. The molecule has 2 atom stereocenters. The van der Waals surface area contributed by atoms with Gasteiger partial charge in [-0.1, -0.05) is 0 Å². The minimum atomic E-state index is -4.35. The molecule has 2 N–H and O–H groups in total. The van der Waals surface area contributed by atoms with E-state index in [9.17, 15) is 27.9 Å². The van der Waals surface area contributed by atoms with Gasteiger partial charge in [-0.15, -0.1) is 0 Å². The Morgan fingerprint density at radius 1 is 1.08 bits per heavy atom. The van der Waals surface area contributed by atoms with Gasteiger partial charge in [0.2, 0.25) is 0 Å². The average molecular weight is 363 g/mol. The summed E-state index contributed by atoms with van der Waals surface area (Å²) in [5.41, 5.74) is -4.30. The molecule has 25 heavy (non-hydrogen) atoms. The minimum absolute atomic E-state index is 0.0750. The number of rotatable bonds is 2. The van der Waals surface area contributed by atoms with E-state index in [0.29, 0.717) is 12.8 Å². The molecule has 8 heteroatoms. The Kier molecular flexibility index (Phi) is 3.86. The molecule has 0 aromatic carbocycles. The maximum Gasteiger partial charge on any atom is 0.408 e. The molecular weight excluding hydrogens is 339 g/mol. The van der Waals surface area contributed by atoms with Crippen molar-refractivity contribution in [3.8, 4) is 0 Å². The van der Waals surface area contributed by atoms with Crippen LogP contribution in [0, 0.1) is 23.2 Å². The quantitative estimate of drug-likeness (QED) is 0.784. The van der Waals surface area contributed by atoms with Gasteiger partial charge in [0.05, 0.1) is 5.41 Å². The normalized spacial score (nSPS) is 40.0. The van der Waals surface area contributed by atoms with Crippen LogP contribution in [0.5, 0.6) is 0 Å². The SMILES string of the molecule is CC(C)(C)OC(=O)NC1(C(=O)O)C2CC3CC1CC(C(F)(F)F)(C3)C2. The van der Waals surface area contributed by atoms with E-state index in [1.54, 1.807) is 20.8 Å². The predicted molar refractivity (Wildman–Crippen MR) is 81.8 cm³/mol. The third kappa shape index (κ3) is 2.77. The first-order chi connectivity index (χ1) is 11.3. The van der Waals surface area contributed by atoms with Crippen molar-refractivity contribution in [3.63, 3.8) is 0 Å². The molecule has 4 rings (SSSR count). The summed E-state index contributed by atoms with van der Waals surface area (Å²) < 4.78 is 46.2. The lowest BCUT2D eigenvalue weighted by atomic mass is 9.43. The Labute approximate surface area is 144 Å². The lowest BCUT2D eigenvalue weighted by molar-refractivity contribution is -0.285. The third-order valence-electron chi connectivity index (χ3n) is 6.14. The molecular formula is C17H24F3NO4. The standard InChI is InChI=1S/C17H24F3NO4/c1-14(2,3)25-13(24)21-16(12(22)23)10-4-9-5-11(16)8-15(6-9,7-10)17(18,19)20/h9-11H,4-8H2,1-3H3,(H,21,24)(H,22,23). The van der Waals surface area contributed by atoms with Gasteiger partial charge >= 0.3 is 18.2 Å². The molecule has 0 aliphatic heterocycles. The first-order valence-corrected chi connectivity index (χ1v) is 8.60. The molecule has 0 heterocycles. The lowest BCUT2D eigenvalue weighted by Gasteiger charge is -2.63. The van der Waals surface area contributed by atoms with Crippen molar-refractivity contribution in [2.75, 3.05) is 0 Å². The van der Waals surface area contributed by atoms with Crippen LogP contribution in [0.25, 0.3) is 0 Å². The zero-order valence-corrected chi connectivity index (χ0v) is 14.6. The molecule has 5 nitrogen and oxygen atoms in total. The van der Waals surface area contributed by atoms with E-state index in [0.717, 1.165) is 0 Å². The lowest BCUT2D eigenvalue weighted by Crippen LogP contribution is -2.73. The van der Waals surface area contributed by atoms with Crippen LogP contribution >= 0.6 is 0 Å². The second-order valence-electron chi connectivity index (χ2n) is 8.92. The monoisotopic (exact) mass is 363 g/mol. The maximum atomic E-state index is 13.7. The van der Waals surface area contributed by atoms with Crippen molar-refractivity contribution < 1.29 is 32.6 Å². The zero-order chi connectivity index (χ0) is 18.8. The van der Waals surface area contributed by atoms with Crippen molar-refractivity contribution in [2.24, 2.45) is 23.2 Å². The number of hydrogen-bond acceptors (Lipinski definition) is 3. The highest BCUT2D eigenvalue weighted by atomic mass is 19.4. The van der Waals surface area contributed by atoms with Gasteiger partial charge < -0.3 is 15.2 Å². The maximum absolute atomic E-state index is 13.7. The van der Waals surface area contributed by atoms with Crippen molar-refractivity contribution in [1.29, 1.82) is 0 Å². The van der Waals surface area contributed by atoms with E-state index >= 15 is 0 Å². The highest BCUT2D eigenvalue weighted by Gasteiger charge is 2.72. The summed E-state index contributed by atoms with van der Waals surface area (Å²) in [6.07, 6.45) is -4.85. The summed E-state index contributed by atoms with van der Waals surface area (Å²) >= 11 is 0. The fourth-order valence-electron chi connectivity index (χ4n) is 5.43. The molecule has 142 valence electrons. The van der Waals surface area contributed by atoms with Crippen molar-refractivity contribution in [1.82, 2.24) is 5.32 Å². The highest BCUT2D eigenvalue weighted by molar-refractivity contribution is 5.86. The summed E-state index contributed by atoms with van der Waals surface area (Å²) in [5, 5.41) is 12.4. The van der Waals surface area contributed by atoms with Gasteiger partial charge in [-0.3, -0.25) is 0 Å². The Hall–Kier alpha value is -1.47. The Balaban J connectivity index is 1.92. The van der Waals surface area contributed by atoms with E-state index in [2.05, 4.69) is 5.32 Å². The number of ether oxygens (including phenoxy) is 1. The van der Waals surface area contributed by atoms with Gasteiger partial charge in [-0.25, -0.2) is 9.59 Å². The predicted octanol–water partition coefficient (Wildman–Crippen LogP) is 3.72. The van der Waals surface area contributed by atoms with Crippen molar-refractivity contribution in [2.45, 2.75) is 70.2 Å². The minimum Gasteiger partial charge on any atom is -0.479 e. The topological polar surface area (TPSA) is 75.6 Å². The van der Waals surface area contributed by atoms with Crippen molar-refractivity contribution in [3.05, 3.63) is 0 Å². The number of alkyl halides is 3. The molecule has 0 saturated heterocycles. The molecule has 0 spiro atoms. The molecule has 4 fully saturated rings. The number of aliphatic carboxylic acids is 1. The summed E-state index contributed by atoms with van der Waals surface area (Å²) in [6.45, 7) is 4.95. The van der Waals surface area contributed by atoms with Gasteiger partial charge in [0, 0.05) is 0 Å². The number of carbonyl (C=O) groups is 2. The van der Waals surface area contributed by atoms with Crippen LogP contribution in [0.2, 0.25) is 0 Å². The first kappa shape index (κ1) is 18.3. The van der Waals surface area contributed by atoms with Crippen LogP contribution in [0.1, 0.15) is 52.9 Å². The number of nitrogens with one attached hydrogen (secondary N) is 1. The average Bonchev–Trinajstić information content (AvgIpc) is 2.38. The molecule has 0 aromatic heterocycles. The first-order valence-electron chi connectivity index (χ1n) is 8.60. The number of amides is 1. The van der Waals surface area contributed by atoms with Gasteiger partial charge in [-0.2, -0.15) is 13.2 Å². The second kappa shape index (κ2) is 5.27. The summed E-state index contributed by atoms with van der Waals surface area (Å²) in [7, 11) is 0. The molecule has 2 unspecified atom stereocenters. The number of carbonyl (C=O) groups excluding carboxylic acids is 1. The van der Waals surface area contributed by atoms with E-state index in [4.69, 9.17) is 4.74 Å². The summed E-state index contributed by atoms with van der Waals surface area (Å²) in [6, 6.07) is 0. The Morgan fingerprint density at radius 2 is 1.60 bits per heavy atom. The van der Waals surface area contributed by atoms with Crippen molar-refractivity contribution >= 4 is 12.1 Å². The van der Waals surface area contributed by atoms with Crippen LogP contribution in [-0.4, -0.2) is 34.5 Å². The summed E-state index contributed by atoms with van der Waals surface area (Å²) in [5.74, 6) is -2.85. The van der Waals surface area contributed by atoms with E-state index in [1.165, 1.54) is 0 Å². The molecule has 0 aromatic rings.